The number of fused-ring (bicyclic) bond motifs is 1. The Morgan fingerprint density at radius 3 is 2.23 bits per heavy atom. The van der Waals surface area contributed by atoms with Crippen molar-refractivity contribution in [2.24, 2.45) is 0 Å². The molecule has 7 heteroatoms. The van der Waals surface area contributed by atoms with E-state index in [1.165, 1.54) is 0 Å². The van der Waals surface area contributed by atoms with Gasteiger partial charge in [-0.05, 0) is 35.9 Å². The second-order valence-corrected chi connectivity index (χ2v) is 5.57. The minimum Gasteiger partial charge on any atom is -0.493 e. The number of benzene rings is 2. The van der Waals surface area contributed by atoms with Crippen LogP contribution in [0.4, 0.5) is 0 Å². The Balaban J connectivity index is 1.73. The molecule has 0 spiro atoms. The molecule has 0 atom stereocenters. The molecule has 3 rings (SSSR count). The first-order valence-corrected chi connectivity index (χ1v) is 8.13. The van der Waals surface area contributed by atoms with Crippen LogP contribution in [-0.2, 0) is 6.54 Å². The molecule has 0 aliphatic carbocycles. The lowest BCUT2D eigenvalue weighted by Crippen LogP contribution is -2.23. The summed E-state index contributed by atoms with van der Waals surface area (Å²) in [7, 11) is 4.65. The van der Waals surface area contributed by atoms with Gasteiger partial charge in [-0.3, -0.25) is 4.79 Å². The minimum atomic E-state index is -0.212. The molecule has 26 heavy (non-hydrogen) atoms. The molecule has 1 amide bonds. The number of ether oxygens (including phenoxy) is 5. The van der Waals surface area contributed by atoms with E-state index in [4.69, 9.17) is 23.7 Å². The van der Waals surface area contributed by atoms with Gasteiger partial charge in [-0.2, -0.15) is 0 Å². The molecule has 138 valence electrons. The standard InChI is InChI=1S/C19H21NO6/c1-22-16-8-12(9-17(23-2)18(16)24-3)11-20-19(21)13-4-5-14-15(10-13)26-7-6-25-14/h4-5,8-10H,6-7,11H2,1-3H3,(H,20,21). The molecular formula is C19H21NO6. The average Bonchev–Trinajstić information content (AvgIpc) is 2.70. The number of methoxy groups -OCH3 is 3. The van der Waals surface area contributed by atoms with Crippen LogP contribution in [0, 0.1) is 0 Å². The van der Waals surface area contributed by atoms with E-state index in [2.05, 4.69) is 5.32 Å². The number of carbonyl (C=O) groups excluding carboxylic acids is 1. The van der Waals surface area contributed by atoms with Gasteiger partial charge in [-0.15, -0.1) is 0 Å². The van der Waals surface area contributed by atoms with Crippen molar-refractivity contribution in [3.05, 3.63) is 41.5 Å². The monoisotopic (exact) mass is 359 g/mol. The number of hydrogen-bond acceptors (Lipinski definition) is 6. The van der Waals surface area contributed by atoms with E-state index < -0.39 is 0 Å². The summed E-state index contributed by atoms with van der Waals surface area (Å²) >= 11 is 0. The minimum absolute atomic E-state index is 0.212. The van der Waals surface area contributed by atoms with Gasteiger partial charge in [0.1, 0.15) is 13.2 Å². The number of rotatable bonds is 6. The fourth-order valence-corrected chi connectivity index (χ4v) is 2.71. The molecule has 2 aromatic rings. The summed E-state index contributed by atoms with van der Waals surface area (Å²) in [5.74, 6) is 2.60. The molecule has 1 N–H and O–H groups in total. The molecule has 1 aliphatic rings. The Labute approximate surface area is 151 Å². The molecule has 2 aromatic carbocycles. The highest BCUT2D eigenvalue weighted by atomic mass is 16.6. The van der Waals surface area contributed by atoms with Gasteiger partial charge in [0.05, 0.1) is 21.3 Å². The van der Waals surface area contributed by atoms with Crippen molar-refractivity contribution >= 4 is 5.91 Å². The molecule has 0 saturated heterocycles. The van der Waals surface area contributed by atoms with Gasteiger partial charge in [-0.25, -0.2) is 0 Å². The molecular weight excluding hydrogens is 338 g/mol. The molecule has 0 radical (unpaired) electrons. The molecule has 1 aliphatic heterocycles. The second kappa shape index (κ2) is 7.86. The van der Waals surface area contributed by atoms with Gasteiger partial charge in [0.2, 0.25) is 5.75 Å². The fourth-order valence-electron chi connectivity index (χ4n) is 2.71. The molecule has 1 heterocycles. The first-order chi connectivity index (χ1) is 12.7. The van der Waals surface area contributed by atoms with Crippen molar-refractivity contribution in [2.45, 2.75) is 6.54 Å². The van der Waals surface area contributed by atoms with Crippen LogP contribution in [0.2, 0.25) is 0 Å². The van der Waals surface area contributed by atoms with Crippen molar-refractivity contribution in [1.82, 2.24) is 5.32 Å². The van der Waals surface area contributed by atoms with E-state index in [0.29, 0.717) is 54.1 Å². The zero-order valence-corrected chi connectivity index (χ0v) is 15.0. The zero-order valence-electron chi connectivity index (χ0n) is 15.0. The first kappa shape index (κ1) is 17.7. The van der Waals surface area contributed by atoms with Crippen molar-refractivity contribution in [1.29, 1.82) is 0 Å². The maximum absolute atomic E-state index is 12.4. The van der Waals surface area contributed by atoms with Crippen LogP contribution in [0.25, 0.3) is 0 Å². The van der Waals surface area contributed by atoms with E-state index in [9.17, 15) is 4.79 Å². The van der Waals surface area contributed by atoms with Gasteiger partial charge >= 0.3 is 0 Å². The van der Waals surface area contributed by atoms with Crippen LogP contribution in [0.15, 0.2) is 30.3 Å². The highest BCUT2D eigenvalue weighted by Gasteiger charge is 2.16. The van der Waals surface area contributed by atoms with Crippen LogP contribution in [-0.4, -0.2) is 40.5 Å². The largest absolute Gasteiger partial charge is 0.493 e. The van der Waals surface area contributed by atoms with Crippen LogP contribution in [0.3, 0.4) is 0 Å². The Hall–Kier alpha value is -3.09. The van der Waals surface area contributed by atoms with E-state index in [-0.39, 0.29) is 5.91 Å². The second-order valence-electron chi connectivity index (χ2n) is 5.57. The van der Waals surface area contributed by atoms with Gasteiger partial charge in [0.25, 0.3) is 5.91 Å². The molecule has 0 bridgehead atoms. The number of nitrogens with one attached hydrogen (secondary N) is 1. The number of carbonyl (C=O) groups is 1. The summed E-state index contributed by atoms with van der Waals surface area (Å²) in [4.78, 5) is 12.4. The lowest BCUT2D eigenvalue weighted by molar-refractivity contribution is 0.0949. The predicted molar refractivity (Wildman–Crippen MR) is 94.7 cm³/mol. The fraction of sp³-hybridized carbons (Fsp3) is 0.316. The summed E-state index contributed by atoms with van der Waals surface area (Å²) in [5.41, 5.74) is 1.33. The third-order valence-electron chi connectivity index (χ3n) is 3.98. The van der Waals surface area contributed by atoms with Crippen LogP contribution in [0.5, 0.6) is 28.7 Å². The maximum Gasteiger partial charge on any atom is 0.251 e. The van der Waals surface area contributed by atoms with Gasteiger partial charge in [0, 0.05) is 12.1 Å². The summed E-state index contributed by atoms with van der Waals surface area (Å²) in [6.07, 6.45) is 0. The quantitative estimate of drug-likeness (QED) is 0.854. The van der Waals surface area contributed by atoms with E-state index >= 15 is 0 Å². The maximum atomic E-state index is 12.4. The summed E-state index contributed by atoms with van der Waals surface area (Å²) in [5, 5.41) is 2.87. The van der Waals surface area contributed by atoms with Crippen molar-refractivity contribution < 1.29 is 28.5 Å². The lowest BCUT2D eigenvalue weighted by atomic mass is 10.1. The van der Waals surface area contributed by atoms with Gasteiger partial charge < -0.3 is 29.0 Å². The highest BCUT2D eigenvalue weighted by Crippen LogP contribution is 2.38. The Morgan fingerprint density at radius 2 is 1.62 bits per heavy atom. The Kier molecular flexibility index (Phi) is 5.36. The van der Waals surface area contributed by atoms with Gasteiger partial charge in [0.15, 0.2) is 23.0 Å². The van der Waals surface area contributed by atoms with Crippen molar-refractivity contribution in [2.75, 3.05) is 34.5 Å². The summed E-state index contributed by atoms with van der Waals surface area (Å²) < 4.78 is 26.9. The van der Waals surface area contributed by atoms with Crippen molar-refractivity contribution in [3.63, 3.8) is 0 Å². The van der Waals surface area contributed by atoms with E-state index in [1.807, 2.05) is 0 Å². The Morgan fingerprint density at radius 1 is 0.962 bits per heavy atom. The predicted octanol–water partition coefficient (Wildman–Crippen LogP) is 2.41. The SMILES string of the molecule is COc1cc(CNC(=O)c2ccc3c(c2)OCCO3)cc(OC)c1OC. The van der Waals surface area contributed by atoms with E-state index in [0.717, 1.165) is 5.56 Å². The molecule has 0 fully saturated rings. The molecule has 0 unspecified atom stereocenters. The zero-order chi connectivity index (χ0) is 18.5. The summed E-state index contributed by atoms with van der Waals surface area (Å²) in [6.45, 7) is 1.30. The smallest absolute Gasteiger partial charge is 0.251 e. The average molecular weight is 359 g/mol. The van der Waals surface area contributed by atoms with Crippen molar-refractivity contribution in [3.8, 4) is 28.7 Å². The molecule has 0 saturated carbocycles. The van der Waals surface area contributed by atoms with Gasteiger partial charge in [-0.1, -0.05) is 0 Å². The lowest BCUT2D eigenvalue weighted by Gasteiger charge is -2.18. The summed E-state index contributed by atoms with van der Waals surface area (Å²) in [6, 6.07) is 8.72. The van der Waals surface area contributed by atoms with Crippen LogP contribution >= 0.6 is 0 Å². The number of amides is 1. The molecule has 7 nitrogen and oxygen atoms in total. The molecule has 0 aromatic heterocycles. The van der Waals surface area contributed by atoms with Crippen LogP contribution in [0.1, 0.15) is 15.9 Å². The number of hydrogen-bond donors (Lipinski definition) is 1. The highest BCUT2D eigenvalue weighted by molar-refractivity contribution is 5.94. The first-order valence-electron chi connectivity index (χ1n) is 8.13. The van der Waals surface area contributed by atoms with E-state index in [1.54, 1.807) is 51.7 Å². The third kappa shape index (κ3) is 3.61. The normalized spacial score (nSPS) is 12.3. The van der Waals surface area contributed by atoms with Crippen LogP contribution < -0.4 is 29.0 Å². The Bertz CT molecular complexity index is 780. The third-order valence-corrected chi connectivity index (χ3v) is 3.98. The topological polar surface area (TPSA) is 75.3 Å².